The summed E-state index contributed by atoms with van der Waals surface area (Å²) < 4.78 is 1.73. The van der Waals surface area contributed by atoms with E-state index in [1.165, 1.54) is 11.1 Å². The number of hydrogen-bond acceptors (Lipinski definition) is 4. The zero-order chi connectivity index (χ0) is 16.7. The number of amides is 1. The van der Waals surface area contributed by atoms with Crippen molar-refractivity contribution >= 4 is 16.9 Å². The first-order valence-electron chi connectivity index (χ1n) is 8.01. The van der Waals surface area contributed by atoms with Gasteiger partial charge in [-0.15, -0.1) is 0 Å². The van der Waals surface area contributed by atoms with Crippen molar-refractivity contribution in [2.45, 2.75) is 26.6 Å². The fraction of sp³-hybridized carbons (Fsp3) is 0.278. The second-order valence-corrected chi connectivity index (χ2v) is 6.19. The quantitative estimate of drug-likeness (QED) is 0.772. The third-order valence-corrected chi connectivity index (χ3v) is 4.48. The highest BCUT2D eigenvalue weighted by molar-refractivity contribution is 5.97. The normalized spacial score (nSPS) is 13.2. The summed E-state index contributed by atoms with van der Waals surface area (Å²) in [5, 5.41) is 11.5. The van der Waals surface area contributed by atoms with E-state index in [-0.39, 0.29) is 5.91 Å². The molecule has 1 aromatic carbocycles. The molecule has 0 saturated heterocycles. The first-order valence-corrected chi connectivity index (χ1v) is 8.01. The number of nitrogens with one attached hydrogen (secondary N) is 2. The minimum atomic E-state index is -0.119. The molecule has 1 amide bonds. The first-order chi connectivity index (χ1) is 11.6. The van der Waals surface area contributed by atoms with Gasteiger partial charge in [0.15, 0.2) is 5.65 Å². The van der Waals surface area contributed by atoms with Crippen LogP contribution < -0.4 is 10.6 Å². The predicted octanol–water partition coefficient (Wildman–Crippen LogP) is 1.81. The zero-order valence-corrected chi connectivity index (χ0v) is 13.8. The Bertz CT molecular complexity index is 944. The number of nitrogens with zero attached hydrogens (tertiary/aromatic N) is 3. The standard InChI is InChI=1S/C18H19N5O/c1-11-16-6-15(10-20-17(16)23(2)22-11)18(24)21-7-12-3-4-13-8-19-9-14(13)5-12/h3-6,10,19H,7-9H2,1-2H3,(H,21,24). The maximum Gasteiger partial charge on any atom is 0.253 e. The molecular formula is C18H19N5O. The van der Waals surface area contributed by atoms with Crippen molar-refractivity contribution in [1.82, 2.24) is 25.4 Å². The Kier molecular flexibility index (Phi) is 3.54. The van der Waals surface area contributed by atoms with Crippen molar-refractivity contribution in [1.29, 1.82) is 0 Å². The van der Waals surface area contributed by atoms with E-state index < -0.39 is 0 Å². The van der Waals surface area contributed by atoms with Crippen LogP contribution >= 0.6 is 0 Å². The lowest BCUT2D eigenvalue weighted by atomic mass is 10.1. The second-order valence-electron chi connectivity index (χ2n) is 6.19. The highest BCUT2D eigenvalue weighted by Gasteiger charge is 2.13. The van der Waals surface area contributed by atoms with Gasteiger partial charge < -0.3 is 10.6 Å². The second kappa shape index (κ2) is 5.72. The molecule has 4 rings (SSSR count). The number of carbonyl (C=O) groups is 1. The summed E-state index contributed by atoms with van der Waals surface area (Å²) in [6.07, 6.45) is 1.60. The Morgan fingerprint density at radius 2 is 2.12 bits per heavy atom. The van der Waals surface area contributed by atoms with Crippen LogP contribution in [0.5, 0.6) is 0 Å². The van der Waals surface area contributed by atoms with Crippen molar-refractivity contribution in [3.05, 3.63) is 58.4 Å². The van der Waals surface area contributed by atoms with Crippen molar-refractivity contribution < 1.29 is 4.79 Å². The third kappa shape index (κ3) is 2.55. The minimum absolute atomic E-state index is 0.119. The van der Waals surface area contributed by atoms with Gasteiger partial charge >= 0.3 is 0 Å². The van der Waals surface area contributed by atoms with Gasteiger partial charge in [-0.1, -0.05) is 18.2 Å². The molecule has 1 aliphatic heterocycles. The van der Waals surface area contributed by atoms with E-state index in [4.69, 9.17) is 0 Å². The minimum Gasteiger partial charge on any atom is -0.348 e. The van der Waals surface area contributed by atoms with Gasteiger partial charge in [-0.05, 0) is 29.7 Å². The molecule has 0 unspecified atom stereocenters. The van der Waals surface area contributed by atoms with Gasteiger partial charge in [0.1, 0.15) is 0 Å². The fourth-order valence-electron chi connectivity index (χ4n) is 3.17. The summed E-state index contributed by atoms with van der Waals surface area (Å²) in [6.45, 7) is 4.26. The molecule has 1 aliphatic rings. The number of aromatic nitrogens is 3. The van der Waals surface area contributed by atoms with Gasteiger partial charge in [0.2, 0.25) is 0 Å². The van der Waals surface area contributed by atoms with Crippen molar-refractivity contribution in [2.75, 3.05) is 0 Å². The van der Waals surface area contributed by atoms with E-state index in [2.05, 4.69) is 38.9 Å². The van der Waals surface area contributed by atoms with Crippen LogP contribution in [0.15, 0.2) is 30.5 Å². The summed E-state index contributed by atoms with van der Waals surface area (Å²) >= 11 is 0. The maximum absolute atomic E-state index is 12.4. The van der Waals surface area contributed by atoms with Gasteiger partial charge in [-0.3, -0.25) is 9.48 Å². The molecule has 122 valence electrons. The molecule has 3 aromatic rings. The number of pyridine rings is 1. The van der Waals surface area contributed by atoms with Gasteiger partial charge in [0.05, 0.1) is 11.3 Å². The molecule has 0 spiro atoms. The van der Waals surface area contributed by atoms with Gasteiger partial charge in [-0.25, -0.2) is 4.98 Å². The van der Waals surface area contributed by atoms with E-state index in [9.17, 15) is 4.79 Å². The number of fused-ring (bicyclic) bond motifs is 2. The largest absolute Gasteiger partial charge is 0.348 e. The summed E-state index contributed by atoms with van der Waals surface area (Å²) in [5.41, 5.74) is 5.98. The maximum atomic E-state index is 12.4. The van der Waals surface area contributed by atoms with Crippen LogP contribution in [0.25, 0.3) is 11.0 Å². The number of rotatable bonds is 3. The summed E-state index contributed by atoms with van der Waals surface area (Å²) in [5.74, 6) is -0.119. The zero-order valence-electron chi connectivity index (χ0n) is 13.8. The summed E-state index contributed by atoms with van der Waals surface area (Å²) in [6, 6.07) is 8.21. The Balaban J connectivity index is 1.51. The Labute approximate surface area is 139 Å². The van der Waals surface area contributed by atoms with Crippen LogP contribution in [0.2, 0.25) is 0 Å². The molecule has 24 heavy (non-hydrogen) atoms. The monoisotopic (exact) mass is 321 g/mol. The molecule has 0 aliphatic carbocycles. The number of hydrogen-bond donors (Lipinski definition) is 2. The Morgan fingerprint density at radius 1 is 1.29 bits per heavy atom. The molecule has 2 N–H and O–H groups in total. The number of carbonyl (C=O) groups excluding carboxylic acids is 1. The summed E-state index contributed by atoms with van der Waals surface area (Å²) in [7, 11) is 1.85. The third-order valence-electron chi connectivity index (χ3n) is 4.48. The number of benzene rings is 1. The molecular weight excluding hydrogens is 302 g/mol. The molecule has 2 aromatic heterocycles. The summed E-state index contributed by atoms with van der Waals surface area (Å²) in [4.78, 5) is 16.8. The van der Waals surface area contributed by atoms with Gasteiger partial charge in [0, 0.05) is 38.3 Å². The fourth-order valence-corrected chi connectivity index (χ4v) is 3.17. The van der Waals surface area contributed by atoms with Crippen LogP contribution in [0.1, 0.15) is 32.7 Å². The van der Waals surface area contributed by atoms with Crippen molar-refractivity contribution in [3.8, 4) is 0 Å². The van der Waals surface area contributed by atoms with Crippen LogP contribution in [0, 0.1) is 6.92 Å². The Morgan fingerprint density at radius 3 is 3.00 bits per heavy atom. The van der Waals surface area contributed by atoms with E-state index in [1.54, 1.807) is 10.9 Å². The lowest BCUT2D eigenvalue weighted by molar-refractivity contribution is 0.0950. The SMILES string of the molecule is Cc1nn(C)c2ncc(C(=O)NCc3ccc4c(c3)CNC4)cc12. The molecule has 6 nitrogen and oxygen atoms in total. The van der Waals surface area contributed by atoms with Gasteiger partial charge in [0.25, 0.3) is 5.91 Å². The highest BCUT2D eigenvalue weighted by Crippen LogP contribution is 2.18. The van der Waals surface area contributed by atoms with Crippen LogP contribution in [0.4, 0.5) is 0 Å². The topological polar surface area (TPSA) is 71.8 Å². The highest BCUT2D eigenvalue weighted by atomic mass is 16.1. The molecule has 0 atom stereocenters. The molecule has 0 saturated carbocycles. The predicted molar refractivity (Wildman–Crippen MR) is 91.4 cm³/mol. The smallest absolute Gasteiger partial charge is 0.253 e. The van der Waals surface area contributed by atoms with Crippen molar-refractivity contribution in [3.63, 3.8) is 0 Å². The van der Waals surface area contributed by atoms with Crippen LogP contribution in [-0.2, 0) is 26.7 Å². The first kappa shape index (κ1) is 14.8. The molecule has 0 radical (unpaired) electrons. The van der Waals surface area contributed by atoms with E-state index in [0.717, 1.165) is 35.4 Å². The van der Waals surface area contributed by atoms with E-state index >= 15 is 0 Å². The average molecular weight is 321 g/mol. The van der Waals surface area contributed by atoms with Crippen molar-refractivity contribution in [2.24, 2.45) is 7.05 Å². The molecule has 3 heterocycles. The molecule has 0 fully saturated rings. The van der Waals surface area contributed by atoms with E-state index in [0.29, 0.717) is 12.1 Å². The molecule has 0 bridgehead atoms. The Hall–Kier alpha value is -2.73. The van der Waals surface area contributed by atoms with Crippen LogP contribution in [0.3, 0.4) is 0 Å². The van der Waals surface area contributed by atoms with Crippen LogP contribution in [-0.4, -0.2) is 20.7 Å². The number of aryl methyl sites for hydroxylation is 2. The molecule has 6 heteroatoms. The van der Waals surface area contributed by atoms with E-state index in [1.807, 2.05) is 20.0 Å². The lowest BCUT2D eigenvalue weighted by Gasteiger charge is -2.07. The lowest BCUT2D eigenvalue weighted by Crippen LogP contribution is -2.23. The van der Waals surface area contributed by atoms with Gasteiger partial charge in [-0.2, -0.15) is 5.10 Å². The average Bonchev–Trinajstić information content (AvgIpc) is 3.16.